The first-order chi connectivity index (χ1) is 13.5. The van der Waals surface area contributed by atoms with Gasteiger partial charge in [-0.3, -0.25) is 4.98 Å². The van der Waals surface area contributed by atoms with E-state index in [2.05, 4.69) is 65.9 Å². The molecule has 5 heteroatoms. The summed E-state index contributed by atoms with van der Waals surface area (Å²) in [5.74, 6) is 1.55. The van der Waals surface area contributed by atoms with Crippen LogP contribution in [0.5, 0.6) is 0 Å². The molecule has 28 heavy (non-hydrogen) atoms. The van der Waals surface area contributed by atoms with E-state index in [-0.39, 0.29) is 0 Å². The minimum absolute atomic E-state index is 0.357. The monoisotopic (exact) mass is 371 g/mol. The van der Waals surface area contributed by atoms with Crippen molar-refractivity contribution in [3.63, 3.8) is 0 Å². The molecule has 3 aromatic heterocycles. The molecule has 0 atom stereocenters. The normalized spacial score (nSPS) is 16.5. The summed E-state index contributed by atoms with van der Waals surface area (Å²) in [6.45, 7) is 8.65. The van der Waals surface area contributed by atoms with Gasteiger partial charge in [-0.05, 0) is 57.9 Å². The van der Waals surface area contributed by atoms with Crippen molar-refractivity contribution in [3.8, 4) is 0 Å². The molecule has 3 aromatic rings. The molecular weight excluding hydrogens is 346 g/mol. The molecule has 1 N–H and O–H groups in total. The Labute approximate surface area is 165 Å². The minimum Gasteiger partial charge on any atom is -0.343 e. The van der Waals surface area contributed by atoms with Crippen molar-refractivity contribution in [3.05, 3.63) is 71.8 Å². The number of rotatable bonds is 3. The van der Waals surface area contributed by atoms with Crippen LogP contribution in [0, 0.1) is 0 Å². The molecule has 4 rings (SSSR count). The number of nitrogens with zero attached hydrogens (tertiary/aromatic N) is 4. The van der Waals surface area contributed by atoms with E-state index >= 15 is 0 Å². The third-order valence-electron chi connectivity index (χ3n) is 5.22. The molecule has 0 spiro atoms. The van der Waals surface area contributed by atoms with Crippen LogP contribution in [0.25, 0.3) is 16.6 Å². The molecule has 0 saturated heterocycles. The van der Waals surface area contributed by atoms with Gasteiger partial charge in [-0.15, -0.1) is 0 Å². The first-order valence-corrected chi connectivity index (χ1v) is 9.63. The molecule has 0 bridgehead atoms. The lowest BCUT2D eigenvalue weighted by Crippen LogP contribution is -2.22. The van der Waals surface area contributed by atoms with Gasteiger partial charge in [0.05, 0.1) is 11.7 Å². The van der Waals surface area contributed by atoms with Crippen molar-refractivity contribution in [2.24, 2.45) is 4.99 Å². The van der Waals surface area contributed by atoms with Gasteiger partial charge in [-0.2, -0.15) is 0 Å². The highest BCUT2D eigenvalue weighted by Crippen LogP contribution is 2.30. The van der Waals surface area contributed by atoms with Gasteiger partial charge in [0, 0.05) is 41.3 Å². The van der Waals surface area contributed by atoms with Crippen LogP contribution < -0.4 is 5.32 Å². The Kier molecular flexibility index (Phi) is 4.82. The quantitative estimate of drug-likeness (QED) is 0.669. The Balaban J connectivity index is 1.82. The predicted octanol–water partition coefficient (Wildman–Crippen LogP) is 5.41. The molecule has 1 aliphatic rings. The fraction of sp³-hybridized carbons (Fsp3) is 0.261. The van der Waals surface area contributed by atoms with Crippen LogP contribution in [-0.2, 0) is 0 Å². The SMILES string of the molecule is CC1=C(C)C(=Nc2ccccn2)NC(c2cn(C(C)C)c3cnccc23)=CC1. The average molecular weight is 371 g/mol. The van der Waals surface area contributed by atoms with Crippen molar-refractivity contribution in [1.29, 1.82) is 0 Å². The first kappa shape index (κ1) is 18.2. The Morgan fingerprint density at radius 1 is 1.14 bits per heavy atom. The summed E-state index contributed by atoms with van der Waals surface area (Å²) in [6.07, 6.45) is 10.9. The third-order valence-corrected chi connectivity index (χ3v) is 5.22. The van der Waals surface area contributed by atoms with Crippen molar-refractivity contribution in [2.45, 2.75) is 40.2 Å². The van der Waals surface area contributed by atoms with Crippen LogP contribution in [0.2, 0.25) is 0 Å². The zero-order valence-corrected chi connectivity index (χ0v) is 16.8. The summed E-state index contributed by atoms with van der Waals surface area (Å²) >= 11 is 0. The average Bonchev–Trinajstić information content (AvgIpc) is 3.04. The highest BCUT2D eigenvalue weighted by molar-refractivity contribution is 6.07. The maximum absolute atomic E-state index is 4.78. The molecule has 142 valence electrons. The van der Waals surface area contributed by atoms with E-state index in [4.69, 9.17) is 4.99 Å². The Morgan fingerprint density at radius 2 is 2.00 bits per heavy atom. The lowest BCUT2D eigenvalue weighted by Gasteiger charge is -2.12. The van der Waals surface area contributed by atoms with Crippen LogP contribution in [-0.4, -0.2) is 20.4 Å². The molecule has 0 aliphatic carbocycles. The Bertz CT molecular complexity index is 1100. The Morgan fingerprint density at radius 3 is 2.75 bits per heavy atom. The molecule has 0 amide bonds. The number of aliphatic imine (C=N–C) groups is 1. The number of nitrogens with one attached hydrogen (secondary N) is 1. The largest absolute Gasteiger partial charge is 0.343 e. The van der Waals surface area contributed by atoms with Crippen LogP contribution in [0.3, 0.4) is 0 Å². The zero-order valence-electron chi connectivity index (χ0n) is 16.8. The number of pyridine rings is 2. The summed E-state index contributed by atoms with van der Waals surface area (Å²) in [7, 11) is 0. The van der Waals surface area contributed by atoms with E-state index in [9.17, 15) is 0 Å². The molecule has 0 aromatic carbocycles. The summed E-state index contributed by atoms with van der Waals surface area (Å²) in [5.41, 5.74) is 5.84. The number of hydrogen-bond acceptors (Lipinski definition) is 3. The summed E-state index contributed by atoms with van der Waals surface area (Å²) in [5, 5.41) is 4.78. The molecule has 4 heterocycles. The molecule has 0 unspecified atom stereocenters. The van der Waals surface area contributed by atoms with Gasteiger partial charge in [0.2, 0.25) is 0 Å². The molecule has 5 nitrogen and oxygen atoms in total. The summed E-state index contributed by atoms with van der Waals surface area (Å²) < 4.78 is 2.27. The van der Waals surface area contributed by atoms with Crippen LogP contribution >= 0.6 is 0 Å². The fourth-order valence-electron chi connectivity index (χ4n) is 3.45. The van der Waals surface area contributed by atoms with Gasteiger partial charge in [-0.1, -0.05) is 17.7 Å². The number of aromatic nitrogens is 3. The standard InChI is InChI=1S/C23H25N5/c1-15(2)28-14-19(18-10-12-24-13-21(18)28)20-9-8-16(3)17(4)23(26-20)27-22-7-5-6-11-25-22/h5-7,9-15H,8H2,1-4H3,(H,25,26,27). The highest BCUT2D eigenvalue weighted by Gasteiger charge is 2.18. The first-order valence-electron chi connectivity index (χ1n) is 9.63. The summed E-state index contributed by atoms with van der Waals surface area (Å²) in [6, 6.07) is 8.21. The van der Waals surface area contributed by atoms with Gasteiger partial charge in [0.25, 0.3) is 0 Å². The van der Waals surface area contributed by atoms with E-state index < -0.39 is 0 Å². The van der Waals surface area contributed by atoms with E-state index in [1.54, 1.807) is 6.20 Å². The van der Waals surface area contributed by atoms with Gasteiger partial charge < -0.3 is 9.88 Å². The topological polar surface area (TPSA) is 55.1 Å². The molecule has 0 saturated carbocycles. The van der Waals surface area contributed by atoms with E-state index in [0.717, 1.165) is 29.0 Å². The fourth-order valence-corrected chi connectivity index (χ4v) is 3.45. The maximum atomic E-state index is 4.78. The molecule has 1 aliphatic heterocycles. The van der Waals surface area contributed by atoms with Crippen molar-refractivity contribution >= 4 is 28.3 Å². The zero-order chi connectivity index (χ0) is 19.7. The second-order valence-corrected chi connectivity index (χ2v) is 7.44. The number of hydrogen-bond donors (Lipinski definition) is 1. The van der Waals surface area contributed by atoms with E-state index in [0.29, 0.717) is 11.9 Å². The van der Waals surface area contributed by atoms with E-state index in [1.807, 2.05) is 30.6 Å². The smallest absolute Gasteiger partial charge is 0.154 e. The van der Waals surface area contributed by atoms with Crippen molar-refractivity contribution in [2.75, 3.05) is 0 Å². The lowest BCUT2D eigenvalue weighted by atomic mass is 10.1. The maximum Gasteiger partial charge on any atom is 0.154 e. The van der Waals surface area contributed by atoms with Gasteiger partial charge in [-0.25, -0.2) is 9.98 Å². The van der Waals surface area contributed by atoms with Crippen molar-refractivity contribution < 1.29 is 0 Å². The number of fused-ring (bicyclic) bond motifs is 1. The van der Waals surface area contributed by atoms with Gasteiger partial charge in [0.15, 0.2) is 5.82 Å². The second kappa shape index (κ2) is 7.43. The van der Waals surface area contributed by atoms with E-state index in [1.165, 1.54) is 16.5 Å². The number of allylic oxidation sites excluding steroid dienone is 2. The second-order valence-electron chi connectivity index (χ2n) is 7.44. The highest BCUT2D eigenvalue weighted by atomic mass is 15.1. The van der Waals surface area contributed by atoms with Crippen LogP contribution in [0.4, 0.5) is 5.82 Å². The summed E-state index contributed by atoms with van der Waals surface area (Å²) in [4.78, 5) is 13.5. The van der Waals surface area contributed by atoms with Crippen LogP contribution in [0.1, 0.15) is 45.7 Å². The minimum atomic E-state index is 0.357. The van der Waals surface area contributed by atoms with Gasteiger partial charge >= 0.3 is 0 Å². The Hall–Kier alpha value is -3.21. The predicted molar refractivity (Wildman–Crippen MR) is 116 cm³/mol. The molecule has 0 radical (unpaired) electrons. The third kappa shape index (κ3) is 3.36. The molecule has 0 fully saturated rings. The molecular formula is C23H25N5. The van der Waals surface area contributed by atoms with Gasteiger partial charge in [0.1, 0.15) is 5.84 Å². The van der Waals surface area contributed by atoms with Crippen LogP contribution in [0.15, 0.2) is 71.3 Å². The lowest BCUT2D eigenvalue weighted by molar-refractivity contribution is 0.622. The number of amidine groups is 1. The van der Waals surface area contributed by atoms with Crippen molar-refractivity contribution in [1.82, 2.24) is 19.9 Å².